The molecule has 1 saturated carbocycles. The smallest absolute Gasteiger partial charge is 0.416 e. The summed E-state index contributed by atoms with van der Waals surface area (Å²) in [7, 11) is 4.27. The Morgan fingerprint density at radius 2 is 2.00 bits per heavy atom. The highest BCUT2D eigenvalue weighted by molar-refractivity contribution is 5.88. The lowest BCUT2D eigenvalue weighted by atomic mass is 9.88. The van der Waals surface area contributed by atoms with E-state index >= 15 is 0 Å². The van der Waals surface area contributed by atoms with Crippen LogP contribution in [0, 0.1) is 0 Å². The van der Waals surface area contributed by atoms with Crippen LogP contribution in [0.5, 0.6) is 0 Å². The second-order valence-electron chi connectivity index (χ2n) is 9.56. The highest BCUT2D eigenvalue weighted by atomic mass is 16.6. The number of unbranched alkanes of at least 4 members (excludes halogenated alkanes) is 1. The van der Waals surface area contributed by atoms with Gasteiger partial charge in [0.05, 0.1) is 6.10 Å². The molecule has 0 atom stereocenters. The number of anilines is 1. The van der Waals surface area contributed by atoms with Gasteiger partial charge in [0.1, 0.15) is 11.4 Å². The molecule has 0 aromatic carbocycles. The monoisotopic (exact) mass is 403 g/mol. The first-order valence-electron chi connectivity index (χ1n) is 11.0. The lowest BCUT2D eigenvalue weighted by Gasteiger charge is -2.39. The first-order chi connectivity index (χ1) is 13.7. The molecule has 2 aliphatic rings. The Morgan fingerprint density at radius 1 is 1.24 bits per heavy atom. The summed E-state index contributed by atoms with van der Waals surface area (Å²) in [4.78, 5) is 21.4. The molecule has 1 aliphatic heterocycles. The predicted molar refractivity (Wildman–Crippen MR) is 116 cm³/mol. The van der Waals surface area contributed by atoms with E-state index < -0.39 is 5.60 Å². The van der Waals surface area contributed by atoms with Crippen LogP contribution < -0.4 is 4.90 Å². The summed E-state index contributed by atoms with van der Waals surface area (Å²) >= 11 is 0. The molecule has 0 saturated heterocycles. The fourth-order valence-electron chi connectivity index (χ4n) is 3.87. The fraction of sp³-hybridized carbons (Fsp3) is 0.739. The minimum Gasteiger partial charge on any atom is -0.443 e. The van der Waals surface area contributed by atoms with Crippen LogP contribution in [0.3, 0.4) is 0 Å². The zero-order valence-corrected chi connectivity index (χ0v) is 18.7. The van der Waals surface area contributed by atoms with Crippen molar-refractivity contribution < 1.29 is 14.3 Å². The summed E-state index contributed by atoms with van der Waals surface area (Å²) in [6.45, 7) is 7.17. The molecule has 0 radical (unpaired) electrons. The van der Waals surface area contributed by atoms with Crippen molar-refractivity contribution in [2.45, 2.75) is 83.5 Å². The van der Waals surface area contributed by atoms with Crippen LogP contribution >= 0.6 is 0 Å². The number of amides is 1. The number of aromatic nitrogens is 1. The molecule has 6 nitrogen and oxygen atoms in total. The van der Waals surface area contributed by atoms with Gasteiger partial charge in [-0.25, -0.2) is 9.78 Å². The lowest BCUT2D eigenvalue weighted by molar-refractivity contribution is -0.0408. The SMILES string of the molecule is CN(C)C1CC(OCCCCc2ccc3c(n2)N(C(=O)OC(C)(C)C)CCC3)C1. The average Bonchev–Trinajstić information content (AvgIpc) is 2.60. The minimum atomic E-state index is -0.501. The molecule has 0 bridgehead atoms. The summed E-state index contributed by atoms with van der Waals surface area (Å²) in [5.74, 6) is 0.781. The van der Waals surface area contributed by atoms with E-state index in [2.05, 4.69) is 31.1 Å². The number of carbonyl (C=O) groups excluding carboxylic acids is 1. The van der Waals surface area contributed by atoms with Crippen molar-refractivity contribution in [3.05, 3.63) is 23.4 Å². The molecular weight excluding hydrogens is 366 g/mol. The Labute approximate surface area is 175 Å². The summed E-state index contributed by atoms with van der Waals surface area (Å²) in [6, 6.07) is 4.92. The fourth-order valence-corrected chi connectivity index (χ4v) is 3.87. The van der Waals surface area contributed by atoms with Crippen LogP contribution in [0.2, 0.25) is 0 Å². The van der Waals surface area contributed by atoms with Crippen LogP contribution in [0.4, 0.5) is 10.6 Å². The van der Waals surface area contributed by atoms with Crippen molar-refractivity contribution in [2.75, 3.05) is 32.1 Å². The number of pyridine rings is 1. The molecule has 0 spiro atoms. The van der Waals surface area contributed by atoms with E-state index in [4.69, 9.17) is 14.5 Å². The summed E-state index contributed by atoms with van der Waals surface area (Å²) in [5, 5.41) is 0. The number of ether oxygens (including phenoxy) is 2. The number of fused-ring (bicyclic) bond motifs is 1. The van der Waals surface area contributed by atoms with Crippen LogP contribution in [0.15, 0.2) is 12.1 Å². The normalized spacial score (nSPS) is 21.7. The van der Waals surface area contributed by atoms with Crippen LogP contribution in [0.25, 0.3) is 0 Å². The van der Waals surface area contributed by atoms with Crippen molar-refractivity contribution in [3.8, 4) is 0 Å². The molecule has 1 aromatic heterocycles. The Balaban J connectivity index is 1.47. The zero-order valence-electron chi connectivity index (χ0n) is 18.7. The molecule has 1 aromatic rings. The second kappa shape index (κ2) is 9.43. The minimum absolute atomic E-state index is 0.298. The third kappa shape index (κ3) is 6.16. The van der Waals surface area contributed by atoms with E-state index in [9.17, 15) is 4.79 Å². The molecule has 162 valence electrons. The molecule has 2 heterocycles. The number of nitrogens with zero attached hydrogens (tertiary/aromatic N) is 3. The zero-order chi connectivity index (χ0) is 21.0. The molecule has 1 fully saturated rings. The Morgan fingerprint density at radius 3 is 2.69 bits per heavy atom. The Kier molecular flexibility index (Phi) is 7.17. The van der Waals surface area contributed by atoms with E-state index in [0.717, 1.165) is 68.6 Å². The standard InChI is InChI=1S/C23H37N3O3/c1-23(2,3)29-22(27)26-13-8-9-17-11-12-18(24-21(17)26)10-6-7-14-28-20-15-19(16-20)25(4)5/h11-12,19-20H,6-10,13-16H2,1-5H3. The van der Waals surface area contributed by atoms with Crippen molar-refractivity contribution >= 4 is 11.9 Å². The van der Waals surface area contributed by atoms with Gasteiger partial charge in [-0.05, 0) is 91.4 Å². The van der Waals surface area contributed by atoms with Gasteiger partial charge in [-0.1, -0.05) is 6.07 Å². The summed E-state index contributed by atoms with van der Waals surface area (Å²) in [5.41, 5.74) is 1.67. The van der Waals surface area contributed by atoms with E-state index in [0.29, 0.717) is 18.7 Å². The first-order valence-corrected chi connectivity index (χ1v) is 11.0. The predicted octanol–water partition coefficient (Wildman–Crippen LogP) is 4.20. The molecule has 3 rings (SSSR count). The maximum Gasteiger partial charge on any atom is 0.416 e. The van der Waals surface area contributed by atoms with Gasteiger partial charge in [0.15, 0.2) is 0 Å². The van der Waals surface area contributed by atoms with Gasteiger partial charge in [-0.15, -0.1) is 0 Å². The van der Waals surface area contributed by atoms with Crippen molar-refractivity contribution in [3.63, 3.8) is 0 Å². The Hall–Kier alpha value is -1.66. The second-order valence-corrected chi connectivity index (χ2v) is 9.56. The molecule has 1 amide bonds. The molecule has 29 heavy (non-hydrogen) atoms. The van der Waals surface area contributed by atoms with Gasteiger partial charge in [-0.2, -0.15) is 0 Å². The van der Waals surface area contributed by atoms with Gasteiger partial charge in [0.25, 0.3) is 0 Å². The third-order valence-electron chi connectivity index (χ3n) is 5.69. The summed E-state index contributed by atoms with van der Waals surface area (Å²) < 4.78 is 11.5. The molecule has 6 heteroatoms. The van der Waals surface area contributed by atoms with Gasteiger partial charge >= 0.3 is 6.09 Å². The molecule has 1 aliphatic carbocycles. The number of aryl methyl sites for hydroxylation is 2. The van der Waals surface area contributed by atoms with Crippen LogP contribution in [0.1, 0.15) is 64.1 Å². The topological polar surface area (TPSA) is 54.9 Å². The maximum atomic E-state index is 12.6. The maximum absolute atomic E-state index is 12.6. The van der Waals surface area contributed by atoms with Gasteiger partial charge in [0, 0.05) is 24.9 Å². The number of hydrogen-bond donors (Lipinski definition) is 0. The van der Waals surface area contributed by atoms with Gasteiger partial charge in [0.2, 0.25) is 0 Å². The van der Waals surface area contributed by atoms with Crippen molar-refractivity contribution in [1.29, 1.82) is 0 Å². The van der Waals surface area contributed by atoms with Gasteiger partial charge in [-0.3, -0.25) is 4.90 Å². The van der Waals surface area contributed by atoms with Crippen LogP contribution in [-0.2, 0) is 22.3 Å². The number of hydrogen-bond acceptors (Lipinski definition) is 5. The highest BCUT2D eigenvalue weighted by Crippen LogP contribution is 2.28. The highest BCUT2D eigenvalue weighted by Gasteiger charge is 2.31. The van der Waals surface area contributed by atoms with Gasteiger partial charge < -0.3 is 14.4 Å². The average molecular weight is 404 g/mol. The lowest BCUT2D eigenvalue weighted by Crippen LogP contribution is -2.44. The number of carbonyl (C=O) groups is 1. The Bertz CT molecular complexity index is 693. The molecular formula is C23H37N3O3. The molecule has 0 unspecified atom stereocenters. The summed E-state index contributed by atoms with van der Waals surface area (Å²) in [6.07, 6.45) is 7.34. The van der Waals surface area contributed by atoms with Crippen molar-refractivity contribution in [2.24, 2.45) is 0 Å². The van der Waals surface area contributed by atoms with Crippen molar-refractivity contribution in [1.82, 2.24) is 9.88 Å². The quantitative estimate of drug-likeness (QED) is 0.639. The number of rotatable bonds is 7. The first kappa shape index (κ1) is 22.0. The van der Waals surface area contributed by atoms with Crippen LogP contribution in [-0.4, -0.2) is 61.0 Å². The largest absolute Gasteiger partial charge is 0.443 e. The third-order valence-corrected chi connectivity index (χ3v) is 5.69. The van der Waals surface area contributed by atoms with E-state index in [1.165, 1.54) is 0 Å². The van der Waals surface area contributed by atoms with E-state index in [1.54, 1.807) is 4.90 Å². The van der Waals surface area contributed by atoms with E-state index in [1.807, 2.05) is 20.8 Å². The molecule has 0 N–H and O–H groups in total. The van der Waals surface area contributed by atoms with E-state index in [-0.39, 0.29) is 6.09 Å².